The normalized spacial score (nSPS) is 12.7. The van der Waals surface area contributed by atoms with Crippen LogP contribution in [0.2, 0.25) is 0 Å². The molecule has 0 unspecified atom stereocenters. The van der Waals surface area contributed by atoms with Crippen molar-refractivity contribution in [3.63, 3.8) is 0 Å². The van der Waals surface area contributed by atoms with Crippen LogP contribution in [-0.2, 0) is 19.7 Å². The van der Waals surface area contributed by atoms with Crippen LogP contribution < -0.4 is 10.6 Å². The van der Waals surface area contributed by atoms with Gasteiger partial charge in [0.1, 0.15) is 5.60 Å². The molecule has 1 rings (SSSR count). The number of benzene rings is 1. The van der Waals surface area contributed by atoms with E-state index in [1.165, 1.54) is 0 Å². The minimum absolute atomic E-state index is 0.0738. The largest absolute Gasteiger partial charge is 0.466 e. The summed E-state index contributed by atoms with van der Waals surface area (Å²) in [4.78, 5) is 36.3. The maximum atomic E-state index is 12.3. The highest BCUT2D eigenvalue weighted by Gasteiger charge is 2.24. The van der Waals surface area contributed by atoms with Crippen LogP contribution in [0.4, 0.5) is 9.59 Å². The molecule has 1 aromatic carbocycles. The Hall–Kier alpha value is -2.09. The van der Waals surface area contributed by atoms with Gasteiger partial charge >= 0.3 is 18.1 Å². The molecule has 0 spiro atoms. The Morgan fingerprint density at radius 3 is 2.21 bits per heavy atom. The zero-order valence-electron chi connectivity index (χ0n) is 18.1. The average Bonchev–Trinajstić information content (AvgIpc) is 2.50. The molecule has 0 saturated heterocycles. The number of ether oxygens (including phenoxy) is 2. The van der Waals surface area contributed by atoms with Gasteiger partial charge in [0.15, 0.2) is 0 Å². The summed E-state index contributed by atoms with van der Waals surface area (Å²) in [5, 5.41) is 4.80. The lowest BCUT2D eigenvalue weighted by Crippen LogP contribution is -2.44. The van der Waals surface area contributed by atoms with Gasteiger partial charge in [0.25, 0.3) is 0 Å². The summed E-state index contributed by atoms with van der Waals surface area (Å²) in [6, 6.07) is 4.31. The lowest BCUT2D eigenvalue weighted by atomic mass is 9.85. The molecular weight excluding hydrogens is 440 g/mol. The van der Waals surface area contributed by atoms with E-state index in [1.807, 2.05) is 18.2 Å². The Morgan fingerprint density at radius 1 is 1.07 bits per heavy atom. The van der Waals surface area contributed by atoms with Crippen LogP contribution in [0, 0.1) is 0 Å². The predicted molar refractivity (Wildman–Crippen MR) is 115 cm³/mol. The number of hydrogen-bond acceptors (Lipinski definition) is 5. The zero-order valence-corrected chi connectivity index (χ0v) is 19.7. The third kappa shape index (κ3) is 9.30. The molecule has 0 saturated carbocycles. The molecule has 162 valence electrons. The second-order valence-electron chi connectivity index (χ2n) is 8.69. The van der Waals surface area contributed by atoms with Crippen LogP contribution in [0.5, 0.6) is 0 Å². The number of rotatable bonds is 5. The van der Waals surface area contributed by atoms with Crippen LogP contribution in [0.3, 0.4) is 0 Å². The second-order valence-corrected chi connectivity index (χ2v) is 9.60. The number of esters is 1. The number of halogens is 1. The van der Waals surface area contributed by atoms with Gasteiger partial charge in [-0.15, -0.1) is 0 Å². The summed E-state index contributed by atoms with van der Waals surface area (Å²) in [6.45, 7) is 13.3. The topological polar surface area (TPSA) is 93.7 Å². The van der Waals surface area contributed by atoms with E-state index in [-0.39, 0.29) is 18.4 Å². The fraction of sp³-hybridized carbons (Fsp3) is 0.571. The molecule has 0 radical (unpaired) electrons. The molecule has 0 aliphatic heterocycles. The third-order valence-electron chi connectivity index (χ3n) is 3.78. The van der Waals surface area contributed by atoms with E-state index in [0.29, 0.717) is 0 Å². The van der Waals surface area contributed by atoms with Crippen molar-refractivity contribution < 1.29 is 23.9 Å². The first-order chi connectivity index (χ1) is 13.2. The standard InChI is InChI=1S/C21H31BrN2O5/c1-8-28-17(25)12-16(23-18(26)24-19(27)29-21(5,6)7)13-9-14(20(2,3)4)11-15(22)10-13/h9-11,16H,8,12H2,1-7H3,(H2,23,24,26,27)/t16-/m0/s1. The van der Waals surface area contributed by atoms with Gasteiger partial charge in [-0.2, -0.15) is 0 Å². The third-order valence-corrected chi connectivity index (χ3v) is 4.24. The molecule has 7 nitrogen and oxygen atoms in total. The Labute approximate surface area is 181 Å². The van der Waals surface area contributed by atoms with Crippen molar-refractivity contribution in [3.8, 4) is 0 Å². The van der Waals surface area contributed by atoms with E-state index >= 15 is 0 Å². The highest BCUT2D eigenvalue weighted by molar-refractivity contribution is 9.10. The molecule has 29 heavy (non-hydrogen) atoms. The summed E-state index contributed by atoms with van der Waals surface area (Å²) < 4.78 is 10.9. The number of carbonyl (C=O) groups is 3. The van der Waals surface area contributed by atoms with Crippen LogP contribution in [0.1, 0.15) is 72.1 Å². The zero-order chi connectivity index (χ0) is 22.4. The van der Waals surface area contributed by atoms with Crippen LogP contribution >= 0.6 is 15.9 Å². The van der Waals surface area contributed by atoms with E-state index < -0.39 is 29.7 Å². The minimum Gasteiger partial charge on any atom is -0.466 e. The van der Waals surface area contributed by atoms with Crippen molar-refractivity contribution in [1.82, 2.24) is 10.6 Å². The molecule has 2 N–H and O–H groups in total. The molecular formula is C21H31BrN2O5. The molecule has 0 aliphatic carbocycles. The van der Waals surface area contributed by atoms with Gasteiger partial charge < -0.3 is 14.8 Å². The van der Waals surface area contributed by atoms with Crippen molar-refractivity contribution in [1.29, 1.82) is 0 Å². The molecule has 8 heteroatoms. The van der Waals surface area contributed by atoms with Crippen molar-refractivity contribution in [3.05, 3.63) is 33.8 Å². The molecule has 1 atom stereocenters. The lowest BCUT2D eigenvalue weighted by molar-refractivity contribution is -0.143. The Kier molecular flexibility index (Phi) is 8.68. The highest BCUT2D eigenvalue weighted by Crippen LogP contribution is 2.30. The fourth-order valence-corrected chi connectivity index (χ4v) is 2.99. The van der Waals surface area contributed by atoms with Gasteiger partial charge in [-0.25, -0.2) is 14.9 Å². The minimum atomic E-state index is -0.866. The molecule has 0 fully saturated rings. The van der Waals surface area contributed by atoms with E-state index in [1.54, 1.807) is 27.7 Å². The summed E-state index contributed by atoms with van der Waals surface area (Å²) in [5.74, 6) is -0.452. The van der Waals surface area contributed by atoms with Crippen LogP contribution in [-0.4, -0.2) is 30.3 Å². The predicted octanol–water partition coefficient (Wildman–Crippen LogP) is 4.98. The van der Waals surface area contributed by atoms with E-state index in [9.17, 15) is 14.4 Å². The van der Waals surface area contributed by atoms with E-state index in [4.69, 9.17) is 9.47 Å². The lowest BCUT2D eigenvalue weighted by Gasteiger charge is -2.24. The monoisotopic (exact) mass is 470 g/mol. The van der Waals surface area contributed by atoms with Crippen molar-refractivity contribution >= 4 is 34.0 Å². The smallest absolute Gasteiger partial charge is 0.415 e. The quantitative estimate of drug-likeness (QED) is 0.591. The second kappa shape index (κ2) is 10.1. The van der Waals surface area contributed by atoms with Crippen molar-refractivity contribution in [2.75, 3.05) is 6.61 Å². The summed E-state index contributed by atoms with van der Waals surface area (Å²) >= 11 is 3.49. The Morgan fingerprint density at radius 2 is 1.69 bits per heavy atom. The van der Waals surface area contributed by atoms with Gasteiger partial charge in [0.05, 0.1) is 19.1 Å². The summed E-state index contributed by atoms with van der Waals surface area (Å²) in [5.41, 5.74) is 0.883. The molecule has 0 aliphatic rings. The number of carbonyl (C=O) groups excluding carboxylic acids is 3. The van der Waals surface area contributed by atoms with Crippen molar-refractivity contribution in [2.45, 2.75) is 71.9 Å². The van der Waals surface area contributed by atoms with Crippen molar-refractivity contribution in [2.24, 2.45) is 0 Å². The maximum Gasteiger partial charge on any atom is 0.415 e. The first-order valence-corrected chi connectivity index (χ1v) is 10.3. The van der Waals surface area contributed by atoms with E-state index in [2.05, 4.69) is 47.3 Å². The Bertz CT molecular complexity index is 750. The van der Waals surface area contributed by atoms with Crippen LogP contribution in [0.15, 0.2) is 22.7 Å². The Balaban J connectivity index is 3.09. The van der Waals surface area contributed by atoms with Gasteiger partial charge in [-0.1, -0.05) is 42.8 Å². The van der Waals surface area contributed by atoms with E-state index in [0.717, 1.165) is 15.6 Å². The average molecular weight is 471 g/mol. The number of alkyl carbamates (subject to hydrolysis) is 1. The number of amides is 3. The molecule has 0 heterocycles. The molecule has 3 amide bonds. The number of imide groups is 1. The van der Waals surface area contributed by atoms with Crippen LogP contribution in [0.25, 0.3) is 0 Å². The van der Waals surface area contributed by atoms with Gasteiger partial charge in [-0.3, -0.25) is 4.79 Å². The van der Waals surface area contributed by atoms with Gasteiger partial charge in [-0.05, 0) is 56.4 Å². The molecule has 1 aromatic rings. The summed E-state index contributed by atoms with van der Waals surface area (Å²) in [6.07, 6.45) is -0.940. The van der Waals surface area contributed by atoms with Gasteiger partial charge in [0.2, 0.25) is 0 Å². The van der Waals surface area contributed by atoms with Gasteiger partial charge in [0, 0.05) is 4.47 Å². The maximum absolute atomic E-state index is 12.3. The molecule has 0 aromatic heterocycles. The molecule has 0 bridgehead atoms. The number of nitrogens with one attached hydrogen (secondary N) is 2. The highest BCUT2D eigenvalue weighted by atomic mass is 79.9. The summed E-state index contributed by atoms with van der Waals surface area (Å²) in [7, 11) is 0. The first kappa shape index (κ1) is 24.9. The SMILES string of the molecule is CCOC(=O)C[C@H](NC(=O)NC(=O)OC(C)(C)C)c1cc(Br)cc(C(C)(C)C)c1. The fourth-order valence-electron chi connectivity index (χ4n) is 2.48. The number of hydrogen-bond donors (Lipinski definition) is 2. The number of urea groups is 1. The first-order valence-electron chi connectivity index (χ1n) is 9.48.